The van der Waals surface area contributed by atoms with Crippen LogP contribution in [0.4, 0.5) is 17.3 Å². The number of halogens is 1. The molecule has 2 heterocycles. The van der Waals surface area contributed by atoms with Gasteiger partial charge in [-0.25, -0.2) is 9.97 Å². The van der Waals surface area contributed by atoms with E-state index in [4.69, 9.17) is 11.6 Å². The molecule has 3 N–H and O–H groups in total. The average molecular weight is 436 g/mol. The van der Waals surface area contributed by atoms with Gasteiger partial charge in [-0.3, -0.25) is 9.59 Å². The third kappa shape index (κ3) is 4.83. The molecule has 0 saturated carbocycles. The van der Waals surface area contributed by atoms with Gasteiger partial charge >= 0.3 is 0 Å². The van der Waals surface area contributed by atoms with E-state index in [2.05, 4.69) is 25.9 Å². The molecule has 7 nitrogen and oxygen atoms in total. The van der Waals surface area contributed by atoms with Gasteiger partial charge < -0.3 is 16.0 Å². The Morgan fingerprint density at radius 2 is 1.97 bits per heavy atom. The topological polar surface area (TPSA) is 96.0 Å². The first kappa shape index (κ1) is 20.8. The maximum absolute atomic E-state index is 12.2. The molecule has 0 radical (unpaired) electrons. The van der Waals surface area contributed by atoms with Crippen LogP contribution < -0.4 is 16.0 Å². The Bertz CT molecular complexity index is 1150. The number of hydrogen-bond acceptors (Lipinski definition) is 5. The third-order valence-corrected chi connectivity index (χ3v) is 5.04. The second-order valence-corrected chi connectivity index (χ2v) is 8.22. The molecule has 158 valence electrons. The molecule has 2 aromatic carbocycles. The predicted octanol–water partition coefficient (Wildman–Crippen LogP) is 4.42. The molecular weight excluding hydrogens is 414 g/mol. The summed E-state index contributed by atoms with van der Waals surface area (Å²) < 4.78 is 0. The summed E-state index contributed by atoms with van der Waals surface area (Å²) in [5, 5.41) is 9.46. The summed E-state index contributed by atoms with van der Waals surface area (Å²) in [4.78, 5) is 33.4. The van der Waals surface area contributed by atoms with Gasteiger partial charge in [0.1, 0.15) is 0 Å². The third-order valence-electron chi connectivity index (χ3n) is 4.80. The molecule has 1 aliphatic heterocycles. The number of amides is 2. The van der Waals surface area contributed by atoms with Crippen LogP contribution in [0.25, 0.3) is 11.3 Å². The van der Waals surface area contributed by atoms with Crippen molar-refractivity contribution in [1.29, 1.82) is 0 Å². The van der Waals surface area contributed by atoms with Crippen molar-refractivity contribution in [3.05, 3.63) is 64.8 Å². The molecule has 8 heteroatoms. The molecule has 2 amide bonds. The van der Waals surface area contributed by atoms with Gasteiger partial charge in [-0.1, -0.05) is 25.4 Å². The lowest BCUT2D eigenvalue weighted by atomic mass is 10.1. The lowest BCUT2D eigenvalue weighted by Crippen LogP contribution is -2.27. The van der Waals surface area contributed by atoms with E-state index < -0.39 is 0 Å². The van der Waals surface area contributed by atoms with Crippen LogP contribution in [0.15, 0.2) is 48.7 Å². The Morgan fingerprint density at radius 1 is 1.19 bits per heavy atom. The standard InChI is InChI=1S/C23H22ClN5O2/c1-13(2)11-25-22(31)14-3-6-17(7-4-14)27-23-26-12-15-9-20(30)28-19-10-16(24)5-8-18(19)21(15)29-23/h3-8,10,12-13H,9,11H2,1-2H3,(H,25,31)(H,28,30)(H,26,27,29). The quantitative estimate of drug-likeness (QED) is 0.551. The molecule has 1 aromatic heterocycles. The summed E-state index contributed by atoms with van der Waals surface area (Å²) in [7, 11) is 0. The van der Waals surface area contributed by atoms with Crippen LogP contribution in [-0.4, -0.2) is 28.3 Å². The van der Waals surface area contributed by atoms with Crippen molar-refractivity contribution in [3.63, 3.8) is 0 Å². The van der Waals surface area contributed by atoms with E-state index in [1.807, 2.05) is 19.9 Å². The minimum absolute atomic E-state index is 0.103. The zero-order valence-corrected chi connectivity index (χ0v) is 18.0. The Kier molecular flexibility index (Phi) is 5.86. The van der Waals surface area contributed by atoms with E-state index in [1.54, 1.807) is 42.6 Å². The fraction of sp³-hybridized carbons (Fsp3) is 0.217. The molecule has 0 spiro atoms. The van der Waals surface area contributed by atoms with Crippen molar-refractivity contribution in [2.75, 3.05) is 17.2 Å². The van der Waals surface area contributed by atoms with Crippen LogP contribution in [0.5, 0.6) is 0 Å². The molecule has 31 heavy (non-hydrogen) atoms. The Hall–Kier alpha value is -3.45. The zero-order valence-electron chi connectivity index (χ0n) is 17.2. The van der Waals surface area contributed by atoms with Crippen LogP contribution >= 0.6 is 11.6 Å². The highest BCUT2D eigenvalue weighted by Gasteiger charge is 2.21. The predicted molar refractivity (Wildman–Crippen MR) is 122 cm³/mol. The number of fused-ring (bicyclic) bond motifs is 3. The minimum Gasteiger partial charge on any atom is -0.352 e. The molecular formula is C23H22ClN5O2. The van der Waals surface area contributed by atoms with E-state index in [0.29, 0.717) is 40.4 Å². The number of carbonyl (C=O) groups is 2. The minimum atomic E-state index is -0.141. The fourth-order valence-corrected chi connectivity index (χ4v) is 3.43. The van der Waals surface area contributed by atoms with E-state index in [0.717, 1.165) is 16.8 Å². The summed E-state index contributed by atoms with van der Waals surface area (Å²) in [5.74, 6) is 0.541. The van der Waals surface area contributed by atoms with Crippen LogP contribution in [0.2, 0.25) is 5.02 Å². The van der Waals surface area contributed by atoms with Gasteiger partial charge in [0.15, 0.2) is 0 Å². The Morgan fingerprint density at radius 3 is 2.71 bits per heavy atom. The highest BCUT2D eigenvalue weighted by atomic mass is 35.5. The van der Waals surface area contributed by atoms with Crippen LogP contribution in [0, 0.1) is 5.92 Å². The van der Waals surface area contributed by atoms with Crippen molar-refractivity contribution in [2.45, 2.75) is 20.3 Å². The Labute approximate surface area is 185 Å². The number of carbonyl (C=O) groups excluding carboxylic acids is 2. The number of anilines is 3. The molecule has 0 bridgehead atoms. The van der Waals surface area contributed by atoms with Gasteiger partial charge in [0, 0.05) is 40.1 Å². The van der Waals surface area contributed by atoms with E-state index in [9.17, 15) is 9.59 Å². The van der Waals surface area contributed by atoms with Crippen LogP contribution in [0.3, 0.4) is 0 Å². The normalized spacial score (nSPS) is 12.5. The summed E-state index contributed by atoms with van der Waals surface area (Å²) in [6.07, 6.45) is 1.84. The molecule has 4 rings (SSSR count). The molecule has 3 aromatic rings. The largest absolute Gasteiger partial charge is 0.352 e. The zero-order chi connectivity index (χ0) is 22.0. The van der Waals surface area contributed by atoms with Gasteiger partial charge in [-0.2, -0.15) is 0 Å². The number of aromatic nitrogens is 2. The summed E-state index contributed by atoms with van der Waals surface area (Å²) >= 11 is 6.09. The van der Waals surface area contributed by atoms with Crippen molar-refractivity contribution in [2.24, 2.45) is 5.92 Å². The number of benzene rings is 2. The first-order valence-electron chi connectivity index (χ1n) is 10.00. The van der Waals surface area contributed by atoms with Crippen molar-refractivity contribution in [3.8, 4) is 11.3 Å². The number of nitrogens with one attached hydrogen (secondary N) is 3. The molecule has 0 aliphatic carbocycles. The number of nitrogens with zero attached hydrogens (tertiary/aromatic N) is 2. The Balaban J connectivity index is 1.57. The molecule has 0 atom stereocenters. The number of rotatable bonds is 5. The van der Waals surface area contributed by atoms with Crippen LogP contribution in [0.1, 0.15) is 29.8 Å². The summed E-state index contributed by atoms with van der Waals surface area (Å²) in [6.45, 7) is 4.73. The summed E-state index contributed by atoms with van der Waals surface area (Å²) in [5.41, 5.74) is 4.16. The molecule has 0 fully saturated rings. The second kappa shape index (κ2) is 8.73. The van der Waals surface area contributed by atoms with Gasteiger partial charge in [-0.15, -0.1) is 0 Å². The van der Waals surface area contributed by atoms with Gasteiger partial charge in [0.25, 0.3) is 5.91 Å². The maximum Gasteiger partial charge on any atom is 0.251 e. The summed E-state index contributed by atoms with van der Waals surface area (Å²) in [6, 6.07) is 12.4. The maximum atomic E-state index is 12.2. The van der Waals surface area contributed by atoms with E-state index in [-0.39, 0.29) is 18.2 Å². The fourth-order valence-electron chi connectivity index (χ4n) is 3.26. The monoisotopic (exact) mass is 435 g/mol. The van der Waals surface area contributed by atoms with Crippen molar-refractivity contribution in [1.82, 2.24) is 15.3 Å². The smallest absolute Gasteiger partial charge is 0.251 e. The van der Waals surface area contributed by atoms with E-state index >= 15 is 0 Å². The highest BCUT2D eigenvalue weighted by molar-refractivity contribution is 6.31. The molecule has 0 saturated heterocycles. The van der Waals surface area contributed by atoms with Gasteiger partial charge in [-0.05, 0) is 48.4 Å². The first-order valence-corrected chi connectivity index (χ1v) is 10.4. The number of hydrogen-bond donors (Lipinski definition) is 3. The lowest BCUT2D eigenvalue weighted by Gasteiger charge is -2.11. The highest BCUT2D eigenvalue weighted by Crippen LogP contribution is 2.34. The van der Waals surface area contributed by atoms with Crippen molar-refractivity contribution >= 4 is 40.7 Å². The lowest BCUT2D eigenvalue weighted by molar-refractivity contribution is -0.115. The van der Waals surface area contributed by atoms with E-state index in [1.165, 1.54) is 0 Å². The first-order chi connectivity index (χ1) is 14.9. The van der Waals surface area contributed by atoms with Crippen molar-refractivity contribution < 1.29 is 9.59 Å². The van der Waals surface area contributed by atoms with Gasteiger partial charge in [0.05, 0.1) is 17.8 Å². The second-order valence-electron chi connectivity index (χ2n) is 7.79. The molecule has 0 unspecified atom stereocenters. The molecule has 1 aliphatic rings. The SMILES string of the molecule is CC(C)CNC(=O)c1ccc(Nc2ncc3c(n2)-c2ccc(Cl)cc2NC(=O)C3)cc1. The van der Waals surface area contributed by atoms with Crippen LogP contribution in [-0.2, 0) is 11.2 Å². The average Bonchev–Trinajstić information content (AvgIpc) is 2.87. The van der Waals surface area contributed by atoms with Gasteiger partial charge in [0.2, 0.25) is 11.9 Å².